The summed E-state index contributed by atoms with van der Waals surface area (Å²) in [5, 5.41) is 14.7. The minimum atomic E-state index is -1.11. The monoisotopic (exact) mass is 213 g/mol. The predicted molar refractivity (Wildman–Crippen MR) is 49.9 cm³/mol. The molecule has 2 N–H and O–H groups in total. The number of aromatic carboxylic acids is 1. The number of H-pyrrole nitrogens is 1. The number of carboxylic acids is 1. The Hall–Kier alpha value is -1.17. The fourth-order valence-corrected chi connectivity index (χ4v) is 1.07. The standard InChI is InChI=1S/C9H7N3O2.Na.H/c13-9(14)8-10-7(11-12-8)6-4-2-1-3-5-6;;/h1-5H,(H,13,14)(H,10,11,12);;/q;+1;-1. The number of benzene rings is 1. The molecule has 15 heavy (non-hydrogen) atoms. The van der Waals surface area contributed by atoms with Crippen LogP contribution in [0.4, 0.5) is 0 Å². The predicted octanol–water partition coefficient (Wildman–Crippen LogP) is -1.71. The Balaban J connectivity index is 0.00000112. The molecule has 2 aromatic rings. The largest absolute Gasteiger partial charge is 1.00 e. The Bertz CT molecular complexity index is 461. The minimum absolute atomic E-state index is 0. The zero-order chi connectivity index (χ0) is 9.97. The van der Waals surface area contributed by atoms with Crippen LogP contribution in [0.3, 0.4) is 0 Å². The number of carboxylic acid groups (broad SMARTS) is 1. The van der Waals surface area contributed by atoms with Crippen LogP contribution in [0.25, 0.3) is 11.4 Å². The zero-order valence-corrected chi connectivity index (χ0v) is 10.1. The third kappa shape index (κ3) is 2.65. The second-order valence-corrected chi connectivity index (χ2v) is 2.68. The average Bonchev–Trinajstić information content (AvgIpc) is 2.68. The van der Waals surface area contributed by atoms with Crippen LogP contribution in [0, 0.1) is 0 Å². The number of hydrogen-bond acceptors (Lipinski definition) is 3. The summed E-state index contributed by atoms with van der Waals surface area (Å²) in [7, 11) is 0. The molecular weight excluding hydrogens is 205 g/mol. The van der Waals surface area contributed by atoms with Gasteiger partial charge in [0.25, 0.3) is 0 Å². The van der Waals surface area contributed by atoms with Crippen molar-refractivity contribution < 1.29 is 40.9 Å². The molecule has 0 unspecified atom stereocenters. The molecule has 0 aliphatic rings. The van der Waals surface area contributed by atoms with Gasteiger partial charge >= 0.3 is 35.5 Å². The van der Waals surface area contributed by atoms with Gasteiger partial charge in [-0.3, -0.25) is 5.10 Å². The molecule has 1 aromatic carbocycles. The first kappa shape index (κ1) is 11.9. The summed E-state index contributed by atoms with van der Waals surface area (Å²) in [6.45, 7) is 0. The molecular formula is C9H8N3NaO2. The Labute approximate surface area is 109 Å². The molecule has 72 valence electrons. The van der Waals surface area contributed by atoms with E-state index < -0.39 is 5.97 Å². The molecule has 0 atom stereocenters. The Morgan fingerprint density at radius 1 is 1.33 bits per heavy atom. The third-order valence-electron chi connectivity index (χ3n) is 1.72. The number of rotatable bonds is 2. The van der Waals surface area contributed by atoms with Gasteiger partial charge in [-0.25, -0.2) is 9.78 Å². The molecule has 2 rings (SSSR count). The van der Waals surface area contributed by atoms with Crippen molar-refractivity contribution in [3.63, 3.8) is 0 Å². The number of aromatic nitrogens is 3. The second kappa shape index (κ2) is 5.06. The van der Waals surface area contributed by atoms with Crippen LogP contribution < -0.4 is 29.6 Å². The molecule has 0 aliphatic heterocycles. The Morgan fingerprint density at radius 2 is 2.00 bits per heavy atom. The number of carbonyl (C=O) groups is 1. The van der Waals surface area contributed by atoms with Gasteiger partial charge < -0.3 is 6.53 Å². The summed E-state index contributed by atoms with van der Waals surface area (Å²) < 4.78 is 0. The summed E-state index contributed by atoms with van der Waals surface area (Å²) in [4.78, 5) is 14.3. The van der Waals surface area contributed by atoms with Crippen LogP contribution in [0.5, 0.6) is 0 Å². The van der Waals surface area contributed by atoms with Crippen molar-refractivity contribution >= 4 is 5.97 Å². The minimum Gasteiger partial charge on any atom is -1.00 e. The van der Waals surface area contributed by atoms with Crippen molar-refractivity contribution in [2.75, 3.05) is 0 Å². The van der Waals surface area contributed by atoms with Gasteiger partial charge in [0, 0.05) is 5.56 Å². The van der Waals surface area contributed by atoms with E-state index in [4.69, 9.17) is 5.11 Å². The van der Waals surface area contributed by atoms with Gasteiger partial charge in [-0.2, -0.15) is 5.10 Å². The summed E-state index contributed by atoms with van der Waals surface area (Å²) in [5.74, 6) is -0.869. The topological polar surface area (TPSA) is 78.9 Å². The summed E-state index contributed by atoms with van der Waals surface area (Å²) in [6.07, 6.45) is 0. The van der Waals surface area contributed by atoms with Crippen LogP contribution in [-0.2, 0) is 0 Å². The van der Waals surface area contributed by atoms with Crippen LogP contribution >= 0.6 is 0 Å². The van der Waals surface area contributed by atoms with Gasteiger partial charge in [-0.15, -0.1) is 0 Å². The van der Waals surface area contributed by atoms with E-state index >= 15 is 0 Å². The van der Waals surface area contributed by atoms with Crippen molar-refractivity contribution in [2.45, 2.75) is 0 Å². The van der Waals surface area contributed by atoms with Crippen molar-refractivity contribution in [3.05, 3.63) is 36.2 Å². The van der Waals surface area contributed by atoms with E-state index in [9.17, 15) is 4.79 Å². The van der Waals surface area contributed by atoms with Crippen LogP contribution in [0.1, 0.15) is 12.0 Å². The maximum Gasteiger partial charge on any atom is 1.00 e. The second-order valence-electron chi connectivity index (χ2n) is 2.68. The Morgan fingerprint density at radius 3 is 2.53 bits per heavy atom. The van der Waals surface area contributed by atoms with E-state index in [-0.39, 0.29) is 36.8 Å². The van der Waals surface area contributed by atoms with E-state index in [2.05, 4.69) is 15.2 Å². The molecule has 0 spiro atoms. The van der Waals surface area contributed by atoms with Gasteiger partial charge in [0.15, 0.2) is 5.82 Å². The normalized spacial score (nSPS) is 9.33. The number of nitrogens with one attached hydrogen (secondary N) is 1. The number of hydrogen-bond donors (Lipinski definition) is 2. The van der Waals surface area contributed by atoms with Gasteiger partial charge in [0.1, 0.15) is 0 Å². The molecule has 6 heteroatoms. The maximum absolute atomic E-state index is 10.5. The average molecular weight is 213 g/mol. The fourth-order valence-electron chi connectivity index (χ4n) is 1.07. The first-order chi connectivity index (χ1) is 6.77. The van der Waals surface area contributed by atoms with Gasteiger partial charge in [-0.05, 0) is 0 Å². The van der Waals surface area contributed by atoms with Gasteiger partial charge in [0.05, 0.1) is 0 Å². The summed E-state index contributed by atoms with van der Waals surface area (Å²) in [5.41, 5.74) is 0.788. The van der Waals surface area contributed by atoms with Crippen LogP contribution in [-0.4, -0.2) is 26.3 Å². The third-order valence-corrected chi connectivity index (χ3v) is 1.72. The van der Waals surface area contributed by atoms with Crippen molar-refractivity contribution in [2.24, 2.45) is 0 Å². The molecule has 1 aromatic heterocycles. The van der Waals surface area contributed by atoms with Crippen molar-refractivity contribution in [1.29, 1.82) is 0 Å². The van der Waals surface area contributed by atoms with Gasteiger partial charge in [0.2, 0.25) is 5.82 Å². The van der Waals surface area contributed by atoms with Crippen molar-refractivity contribution in [1.82, 2.24) is 15.2 Å². The SMILES string of the molecule is O=C(O)c1nc(-c2ccccc2)n[nH]1.[H-].[Na+]. The molecule has 0 bridgehead atoms. The quantitative estimate of drug-likeness (QED) is 0.582. The molecule has 0 saturated carbocycles. The van der Waals surface area contributed by atoms with E-state index in [1.54, 1.807) is 0 Å². The van der Waals surface area contributed by atoms with Crippen LogP contribution in [0.2, 0.25) is 0 Å². The van der Waals surface area contributed by atoms with Gasteiger partial charge in [-0.1, -0.05) is 30.3 Å². The Kier molecular flexibility index (Phi) is 4.02. The van der Waals surface area contributed by atoms with E-state index in [1.807, 2.05) is 30.3 Å². The summed E-state index contributed by atoms with van der Waals surface area (Å²) >= 11 is 0. The molecule has 0 aliphatic carbocycles. The first-order valence-corrected chi connectivity index (χ1v) is 3.98. The number of aromatic amines is 1. The van der Waals surface area contributed by atoms with Crippen LogP contribution in [0.15, 0.2) is 30.3 Å². The summed E-state index contributed by atoms with van der Waals surface area (Å²) in [6, 6.07) is 9.18. The molecule has 0 saturated heterocycles. The fraction of sp³-hybridized carbons (Fsp3) is 0. The van der Waals surface area contributed by atoms with E-state index in [0.29, 0.717) is 5.82 Å². The first-order valence-electron chi connectivity index (χ1n) is 3.98. The molecule has 0 radical (unpaired) electrons. The molecule has 0 amide bonds. The maximum atomic E-state index is 10.5. The number of nitrogens with zero attached hydrogens (tertiary/aromatic N) is 2. The molecule has 5 nitrogen and oxygen atoms in total. The van der Waals surface area contributed by atoms with E-state index in [0.717, 1.165) is 5.56 Å². The zero-order valence-electron chi connectivity index (χ0n) is 9.14. The molecule has 0 fully saturated rings. The molecule has 1 heterocycles. The van der Waals surface area contributed by atoms with E-state index in [1.165, 1.54) is 0 Å². The smallest absolute Gasteiger partial charge is 1.00 e. The van der Waals surface area contributed by atoms with Crippen molar-refractivity contribution in [3.8, 4) is 11.4 Å².